The Morgan fingerprint density at radius 1 is 0.909 bits per heavy atom. The molecule has 1 aromatic rings. The molecule has 2 heteroatoms. The van der Waals surface area contributed by atoms with Crippen molar-refractivity contribution in [2.45, 2.75) is 71.1 Å². The highest BCUT2D eigenvalue weighted by atomic mass is 16.2. The molecule has 1 rings (SSSR count). The number of benzene rings is 1. The van der Waals surface area contributed by atoms with Crippen molar-refractivity contribution in [1.29, 1.82) is 0 Å². The lowest BCUT2D eigenvalue weighted by molar-refractivity contribution is -0.129. The van der Waals surface area contributed by atoms with Gasteiger partial charge in [0.1, 0.15) is 0 Å². The van der Waals surface area contributed by atoms with Gasteiger partial charge < -0.3 is 4.90 Å². The maximum atomic E-state index is 12.1. The first-order valence-electron chi connectivity index (χ1n) is 9.02. The monoisotopic (exact) mass is 303 g/mol. The quantitative estimate of drug-likeness (QED) is 0.485. The summed E-state index contributed by atoms with van der Waals surface area (Å²) in [5, 5.41) is 0. The van der Waals surface area contributed by atoms with Gasteiger partial charge in [-0.3, -0.25) is 4.79 Å². The summed E-state index contributed by atoms with van der Waals surface area (Å²) in [6, 6.07) is 10.3. The topological polar surface area (TPSA) is 20.3 Å². The molecular weight excluding hydrogens is 270 g/mol. The van der Waals surface area contributed by atoms with Crippen molar-refractivity contribution >= 4 is 5.91 Å². The van der Waals surface area contributed by atoms with Gasteiger partial charge in [0.15, 0.2) is 0 Å². The average molecular weight is 303 g/mol. The molecule has 1 amide bonds. The van der Waals surface area contributed by atoms with Gasteiger partial charge in [-0.25, -0.2) is 0 Å². The number of hydrogen-bond acceptors (Lipinski definition) is 1. The molecule has 0 atom stereocenters. The van der Waals surface area contributed by atoms with E-state index >= 15 is 0 Å². The molecule has 0 aliphatic rings. The van der Waals surface area contributed by atoms with E-state index in [2.05, 4.69) is 19.1 Å². The largest absolute Gasteiger partial charge is 0.346 e. The minimum absolute atomic E-state index is 0.270. The van der Waals surface area contributed by atoms with E-state index in [4.69, 9.17) is 0 Å². The van der Waals surface area contributed by atoms with Crippen LogP contribution in [0.1, 0.15) is 70.3 Å². The third kappa shape index (κ3) is 8.86. The molecule has 0 unspecified atom stereocenters. The molecule has 0 fully saturated rings. The number of rotatable bonds is 12. The van der Waals surface area contributed by atoms with Crippen molar-refractivity contribution in [2.75, 3.05) is 13.6 Å². The normalized spacial score (nSPS) is 10.6. The SMILES string of the molecule is CCCCCCCCCCN(C)C(=O)CCc1ccccc1. The molecule has 0 saturated carbocycles. The van der Waals surface area contributed by atoms with E-state index < -0.39 is 0 Å². The lowest BCUT2D eigenvalue weighted by atomic mass is 10.1. The fourth-order valence-electron chi connectivity index (χ4n) is 2.69. The van der Waals surface area contributed by atoms with Crippen LogP contribution < -0.4 is 0 Å². The first-order chi connectivity index (χ1) is 10.7. The molecule has 0 aromatic heterocycles. The van der Waals surface area contributed by atoms with Crippen molar-refractivity contribution in [2.24, 2.45) is 0 Å². The zero-order chi connectivity index (χ0) is 16.0. The molecule has 1 aromatic carbocycles. The van der Waals surface area contributed by atoms with Crippen LogP contribution in [0.4, 0.5) is 0 Å². The second-order valence-electron chi connectivity index (χ2n) is 6.28. The molecule has 0 aliphatic carbocycles. The summed E-state index contributed by atoms with van der Waals surface area (Å²) in [6.07, 6.45) is 12.0. The summed E-state index contributed by atoms with van der Waals surface area (Å²) in [4.78, 5) is 14.0. The summed E-state index contributed by atoms with van der Waals surface area (Å²) in [5.74, 6) is 0.270. The second-order valence-corrected chi connectivity index (χ2v) is 6.28. The van der Waals surface area contributed by atoms with Crippen LogP contribution in [-0.4, -0.2) is 24.4 Å². The van der Waals surface area contributed by atoms with Crippen LogP contribution in [0.15, 0.2) is 30.3 Å². The minimum atomic E-state index is 0.270. The molecule has 0 N–H and O–H groups in total. The van der Waals surface area contributed by atoms with E-state index in [1.165, 1.54) is 50.5 Å². The Kier molecular flexibility index (Phi) is 10.4. The Morgan fingerprint density at radius 3 is 2.14 bits per heavy atom. The van der Waals surface area contributed by atoms with Gasteiger partial charge in [-0.15, -0.1) is 0 Å². The standard InChI is InChI=1S/C20H33NO/c1-3-4-5-6-7-8-9-13-18-21(2)20(22)17-16-19-14-11-10-12-15-19/h10-12,14-15H,3-9,13,16-18H2,1-2H3. The maximum absolute atomic E-state index is 12.1. The van der Waals surface area contributed by atoms with Crippen LogP contribution in [0.3, 0.4) is 0 Å². The van der Waals surface area contributed by atoms with Crippen LogP contribution in [0.25, 0.3) is 0 Å². The molecule has 124 valence electrons. The van der Waals surface area contributed by atoms with Gasteiger partial charge in [-0.05, 0) is 18.4 Å². The third-order valence-electron chi connectivity index (χ3n) is 4.24. The Labute approximate surface area is 136 Å². The summed E-state index contributed by atoms with van der Waals surface area (Å²) in [7, 11) is 1.94. The zero-order valence-corrected chi connectivity index (χ0v) is 14.5. The van der Waals surface area contributed by atoms with E-state index in [0.717, 1.165) is 19.4 Å². The number of aryl methyl sites for hydroxylation is 1. The Hall–Kier alpha value is -1.31. The van der Waals surface area contributed by atoms with E-state index in [-0.39, 0.29) is 5.91 Å². The van der Waals surface area contributed by atoms with Crippen molar-refractivity contribution < 1.29 is 4.79 Å². The molecule has 2 nitrogen and oxygen atoms in total. The van der Waals surface area contributed by atoms with E-state index in [1.807, 2.05) is 30.1 Å². The molecule has 22 heavy (non-hydrogen) atoms. The van der Waals surface area contributed by atoms with Crippen LogP contribution in [0, 0.1) is 0 Å². The van der Waals surface area contributed by atoms with Crippen LogP contribution in [-0.2, 0) is 11.2 Å². The first kappa shape index (κ1) is 18.7. The van der Waals surface area contributed by atoms with Gasteiger partial charge in [0.2, 0.25) is 5.91 Å². The van der Waals surface area contributed by atoms with Crippen LogP contribution in [0.2, 0.25) is 0 Å². The smallest absolute Gasteiger partial charge is 0.222 e. The molecule has 0 heterocycles. The molecule has 0 saturated heterocycles. The van der Waals surface area contributed by atoms with Crippen molar-refractivity contribution in [3.63, 3.8) is 0 Å². The van der Waals surface area contributed by atoms with Gasteiger partial charge in [0.05, 0.1) is 0 Å². The highest BCUT2D eigenvalue weighted by Gasteiger charge is 2.08. The number of carbonyl (C=O) groups excluding carboxylic acids is 1. The van der Waals surface area contributed by atoms with Gasteiger partial charge in [0.25, 0.3) is 0 Å². The number of carbonyl (C=O) groups is 1. The highest BCUT2D eigenvalue weighted by molar-refractivity contribution is 5.76. The molecule has 0 aliphatic heterocycles. The fourth-order valence-corrected chi connectivity index (χ4v) is 2.69. The van der Waals surface area contributed by atoms with E-state index in [9.17, 15) is 4.79 Å². The summed E-state index contributed by atoms with van der Waals surface area (Å²) in [5.41, 5.74) is 1.25. The van der Waals surface area contributed by atoms with Crippen LogP contribution in [0.5, 0.6) is 0 Å². The Morgan fingerprint density at radius 2 is 1.50 bits per heavy atom. The predicted molar refractivity (Wildman–Crippen MR) is 95.0 cm³/mol. The summed E-state index contributed by atoms with van der Waals surface area (Å²) < 4.78 is 0. The van der Waals surface area contributed by atoms with Crippen LogP contribution >= 0.6 is 0 Å². The van der Waals surface area contributed by atoms with E-state index in [0.29, 0.717) is 6.42 Å². The molecular formula is C20H33NO. The first-order valence-corrected chi connectivity index (χ1v) is 9.02. The Balaban J connectivity index is 2.02. The number of amides is 1. The average Bonchev–Trinajstić information content (AvgIpc) is 2.55. The van der Waals surface area contributed by atoms with Crippen molar-refractivity contribution in [1.82, 2.24) is 4.90 Å². The third-order valence-corrected chi connectivity index (χ3v) is 4.24. The zero-order valence-electron chi connectivity index (χ0n) is 14.5. The Bertz CT molecular complexity index is 388. The number of nitrogens with zero attached hydrogens (tertiary/aromatic N) is 1. The molecule has 0 bridgehead atoms. The number of unbranched alkanes of at least 4 members (excludes halogenated alkanes) is 7. The predicted octanol–water partition coefficient (Wildman–Crippen LogP) is 5.22. The van der Waals surface area contributed by atoms with Gasteiger partial charge in [-0.1, -0.05) is 82.2 Å². The van der Waals surface area contributed by atoms with Crippen molar-refractivity contribution in [3.8, 4) is 0 Å². The van der Waals surface area contributed by atoms with Gasteiger partial charge in [-0.2, -0.15) is 0 Å². The van der Waals surface area contributed by atoms with E-state index in [1.54, 1.807) is 0 Å². The summed E-state index contributed by atoms with van der Waals surface area (Å²) in [6.45, 7) is 3.16. The highest BCUT2D eigenvalue weighted by Crippen LogP contribution is 2.09. The summed E-state index contributed by atoms with van der Waals surface area (Å²) >= 11 is 0. The fraction of sp³-hybridized carbons (Fsp3) is 0.650. The van der Waals surface area contributed by atoms with Gasteiger partial charge >= 0.3 is 0 Å². The lowest BCUT2D eigenvalue weighted by Crippen LogP contribution is -2.27. The second kappa shape index (κ2) is 12.3. The maximum Gasteiger partial charge on any atom is 0.222 e. The minimum Gasteiger partial charge on any atom is -0.346 e. The van der Waals surface area contributed by atoms with Crippen molar-refractivity contribution in [3.05, 3.63) is 35.9 Å². The number of hydrogen-bond donors (Lipinski definition) is 0. The molecule has 0 spiro atoms. The molecule has 0 radical (unpaired) electrons. The lowest BCUT2D eigenvalue weighted by Gasteiger charge is -2.17. The van der Waals surface area contributed by atoms with Gasteiger partial charge in [0, 0.05) is 20.0 Å².